The van der Waals surface area contributed by atoms with Crippen LogP contribution in [0.15, 0.2) is 11.4 Å². The molecule has 0 radical (unpaired) electrons. The number of carboxylic acid groups (broad SMARTS) is 1. The number of aromatic carboxylic acids is 1. The summed E-state index contributed by atoms with van der Waals surface area (Å²) in [5.41, 5.74) is 0.972. The van der Waals surface area contributed by atoms with Crippen LogP contribution in [-0.2, 0) is 10.5 Å². The van der Waals surface area contributed by atoms with Crippen molar-refractivity contribution < 1.29 is 14.7 Å². The molecule has 2 heterocycles. The zero-order valence-corrected chi connectivity index (χ0v) is 12.9. The number of nitrogens with zero attached hydrogens (tertiary/aromatic N) is 2. The Labute approximate surface area is 129 Å². The van der Waals surface area contributed by atoms with Gasteiger partial charge in [0, 0.05) is 29.4 Å². The molecule has 0 spiro atoms. The van der Waals surface area contributed by atoms with Crippen LogP contribution in [0.2, 0.25) is 0 Å². The first kappa shape index (κ1) is 15.5. The van der Waals surface area contributed by atoms with E-state index in [1.807, 2.05) is 12.3 Å². The average molecular weight is 326 g/mol. The van der Waals surface area contributed by atoms with E-state index in [4.69, 9.17) is 5.11 Å². The van der Waals surface area contributed by atoms with Crippen LogP contribution >= 0.6 is 23.1 Å². The van der Waals surface area contributed by atoms with Gasteiger partial charge >= 0.3 is 5.97 Å². The molecule has 0 aliphatic heterocycles. The molecular formula is C12H14N4O3S2. The predicted molar refractivity (Wildman–Crippen MR) is 81.8 cm³/mol. The summed E-state index contributed by atoms with van der Waals surface area (Å²) < 4.78 is 0. The van der Waals surface area contributed by atoms with E-state index in [-0.39, 0.29) is 17.4 Å². The third kappa shape index (κ3) is 4.87. The first-order valence-corrected chi connectivity index (χ1v) is 8.15. The zero-order chi connectivity index (χ0) is 15.2. The molecule has 0 aromatic carbocycles. The van der Waals surface area contributed by atoms with Crippen LogP contribution in [0.4, 0.5) is 5.82 Å². The number of anilines is 1. The normalized spacial score (nSPS) is 10.5. The van der Waals surface area contributed by atoms with E-state index in [1.165, 1.54) is 6.07 Å². The molecule has 0 aliphatic rings. The van der Waals surface area contributed by atoms with Crippen molar-refractivity contribution in [2.75, 3.05) is 11.1 Å². The van der Waals surface area contributed by atoms with Crippen LogP contribution in [0.25, 0.3) is 0 Å². The van der Waals surface area contributed by atoms with Crippen molar-refractivity contribution in [1.82, 2.24) is 15.2 Å². The van der Waals surface area contributed by atoms with Gasteiger partial charge in [-0.15, -0.1) is 11.3 Å². The molecule has 1 amide bonds. The fourth-order valence-corrected chi connectivity index (χ4v) is 3.07. The number of nitrogens with one attached hydrogen (secondary N) is 2. The second-order valence-corrected chi connectivity index (χ2v) is 6.35. The molecule has 0 saturated heterocycles. The number of carboxylic acids is 1. The summed E-state index contributed by atoms with van der Waals surface area (Å²) >= 11 is 3.24. The Kier molecular flexibility index (Phi) is 5.34. The lowest BCUT2D eigenvalue weighted by atomic mass is 10.4. The summed E-state index contributed by atoms with van der Waals surface area (Å²) in [4.78, 5) is 26.7. The van der Waals surface area contributed by atoms with Gasteiger partial charge in [-0.25, -0.2) is 9.78 Å². The molecule has 2 rings (SSSR count). The van der Waals surface area contributed by atoms with E-state index >= 15 is 0 Å². The second kappa shape index (κ2) is 7.23. The molecule has 0 saturated carbocycles. The largest absolute Gasteiger partial charge is 0.477 e. The number of aryl methyl sites for hydroxylation is 1. The number of carbonyl (C=O) groups excluding carboxylic acids is 1. The number of carbonyl (C=O) groups is 2. The van der Waals surface area contributed by atoms with Crippen molar-refractivity contribution in [3.8, 4) is 0 Å². The van der Waals surface area contributed by atoms with Crippen LogP contribution in [-0.4, -0.2) is 37.9 Å². The van der Waals surface area contributed by atoms with Crippen LogP contribution in [0, 0.1) is 6.92 Å². The molecule has 0 bridgehead atoms. The molecule has 0 unspecified atom stereocenters. The summed E-state index contributed by atoms with van der Waals surface area (Å²) in [6, 6.07) is 1.28. The van der Waals surface area contributed by atoms with Gasteiger partial charge in [-0.1, -0.05) is 0 Å². The molecular weight excluding hydrogens is 312 g/mol. The molecule has 0 atom stereocenters. The number of aromatic nitrogens is 3. The summed E-state index contributed by atoms with van der Waals surface area (Å²) in [5.74, 6) is 0.358. The van der Waals surface area contributed by atoms with E-state index in [0.717, 1.165) is 16.5 Å². The number of hydrogen-bond donors (Lipinski definition) is 3. The highest BCUT2D eigenvalue weighted by Crippen LogP contribution is 2.16. The summed E-state index contributed by atoms with van der Waals surface area (Å²) in [6.07, 6.45) is 0.336. The molecule has 2 aromatic heterocycles. The van der Waals surface area contributed by atoms with Gasteiger partial charge in [0.15, 0.2) is 5.82 Å². The summed E-state index contributed by atoms with van der Waals surface area (Å²) in [6.45, 7) is 1.96. The molecule has 112 valence electrons. The van der Waals surface area contributed by atoms with Crippen LogP contribution in [0.5, 0.6) is 0 Å². The maximum absolute atomic E-state index is 11.7. The number of hydrogen-bond acceptors (Lipinski definition) is 6. The van der Waals surface area contributed by atoms with Crippen LogP contribution in [0.1, 0.15) is 27.6 Å². The Hall–Kier alpha value is -1.87. The van der Waals surface area contributed by atoms with E-state index in [0.29, 0.717) is 12.2 Å². The first-order valence-electron chi connectivity index (χ1n) is 6.12. The van der Waals surface area contributed by atoms with Crippen molar-refractivity contribution >= 4 is 40.8 Å². The summed E-state index contributed by atoms with van der Waals surface area (Å²) in [7, 11) is 0. The number of H-pyrrole nitrogens is 1. The lowest BCUT2D eigenvalue weighted by Gasteiger charge is -2.01. The van der Waals surface area contributed by atoms with Crippen LogP contribution < -0.4 is 5.32 Å². The quantitative estimate of drug-likeness (QED) is 0.673. The third-order valence-electron chi connectivity index (χ3n) is 2.47. The van der Waals surface area contributed by atoms with Crippen molar-refractivity contribution in [2.24, 2.45) is 0 Å². The Bertz CT molecular complexity index is 638. The highest BCUT2D eigenvalue weighted by Gasteiger charge is 2.10. The van der Waals surface area contributed by atoms with E-state index < -0.39 is 5.97 Å². The lowest BCUT2D eigenvalue weighted by Crippen LogP contribution is -2.12. The van der Waals surface area contributed by atoms with Gasteiger partial charge in [0.05, 0.1) is 10.7 Å². The second-order valence-electron chi connectivity index (χ2n) is 4.18. The maximum Gasteiger partial charge on any atom is 0.353 e. The first-order chi connectivity index (χ1) is 10.0. The van der Waals surface area contributed by atoms with Crippen LogP contribution in [0.3, 0.4) is 0 Å². The minimum Gasteiger partial charge on any atom is -0.477 e. The average Bonchev–Trinajstić information content (AvgIpc) is 3.04. The number of aromatic amines is 1. The lowest BCUT2D eigenvalue weighted by molar-refractivity contribution is -0.115. The molecule has 3 N–H and O–H groups in total. The van der Waals surface area contributed by atoms with Gasteiger partial charge in [-0.3, -0.25) is 9.89 Å². The smallest absolute Gasteiger partial charge is 0.353 e. The predicted octanol–water partition coefficient (Wildman–Crippen LogP) is 2.13. The molecule has 21 heavy (non-hydrogen) atoms. The van der Waals surface area contributed by atoms with Crippen molar-refractivity contribution in [3.05, 3.63) is 27.8 Å². The Morgan fingerprint density at radius 3 is 2.95 bits per heavy atom. The number of thiazole rings is 1. The fraction of sp³-hybridized carbons (Fsp3) is 0.333. The highest BCUT2D eigenvalue weighted by atomic mass is 32.2. The van der Waals surface area contributed by atoms with E-state index in [9.17, 15) is 9.59 Å². The van der Waals surface area contributed by atoms with Crippen molar-refractivity contribution in [1.29, 1.82) is 0 Å². The Morgan fingerprint density at radius 2 is 2.33 bits per heavy atom. The monoisotopic (exact) mass is 326 g/mol. The topological polar surface area (TPSA) is 108 Å². The Morgan fingerprint density at radius 1 is 1.52 bits per heavy atom. The minimum atomic E-state index is -1.11. The minimum absolute atomic E-state index is 0.0569. The zero-order valence-electron chi connectivity index (χ0n) is 11.3. The fourth-order valence-electron chi connectivity index (χ4n) is 1.52. The molecule has 0 fully saturated rings. The van der Waals surface area contributed by atoms with Gasteiger partial charge in [0.1, 0.15) is 5.69 Å². The number of amides is 1. The van der Waals surface area contributed by atoms with Gasteiger partial charge in [0.2, 0.25) is 5.91 Å². The van der Waals surface area contributed by atoms with E-state index in [1.54, 1.807) is 23.1 Å². The Balaban J connectivity index is 1.68. The molecule has 2 aromatic rings. The van der Waals surface area contributed by atoms with Gasteiger partial charge in [-0.05, 0) is 6.92 Å². The van der Waals surface area contributed by atoms with Gasteiger partial charge in [-0.2, -0.15) is 16.9 Å². The maximum atomic E-state index is 11.7. The third-order valence-corrected chi connectivity index (χ3v) is 4.28. The van der Waals surface area contributed by atoms with Crippen molar-refractivity contribution in [2.45, 2.75) is 19.1 Å². The molecule has 9 heteroatoms. The molecule has 7 nitrogen and oxygen atoms in total. The van der Waals surface area contributed by atoms with Crippen molar-refractivity contribution in [3.63, 3.8) is 0 Å². The van der Waals surface area contributed by atoms with E-state index in [2.05, 4.69) is 20.5 Å². The highest BCUT2D eigenvalue weighted by molar-refractivity contribution is 7.98. The SMILES string of the molecule is Cc1nc(CSCCC(=O)Nc2cc(C(=O)O)[nH]n2)cs1. The summed E-state index contributed by atoms with van der Waals surface area (Å²) in [5, 5.41) is 20.4. The van der Waals surface area contributed by atoms with Gasteiger partial charge < -0.3 is 10.4 Å². The molecule has 0 aliphatic carbocycles. The number of rotatable bonds is 7. The number of thioether (sulfide) groups is 1. The standard InChI is InChI=1S/C12H14N4O3S2/c1-7-13-8(6-21-7)5-20-3-2-11(17)14-10-4-9(12(18)19)15-16-10/h4,6H,2-3,5H2,1H3,(H,18,19)(H2,14,15,16,17). The van der Waals surface area contributed by atoms with Gasteiger partial charge in [0.25, 0.3) is 0 Å².